The average molecular weight is 341 g/mol. The Labute approximate surface area is 121 Å². The number of benzene rings is 1. The van der Waals surface area contributed by atoms with Crippen LogP contribution in [-0.2, 0) is 6.54 Å². The van der Waals surface area contributed by atoms with Crippen LogP contribution in [0.25, 0.3) is 0 Å². The zero-order valence-electron chi connectivity index (χ0n) is 9.63. The van der Waals surface area contributed by atoms with Gasteiger partial charge in [0.05, 0.1) is 11.5 Å². The molecule has 5 nitrogen and oxygen atoms in total. The Balaban J connectivity index is 2.03. The molecule has 1 amide bonds. The molecule has 0 fully saturated rings. The number of non-ortho nitro benzene ring substituents is 1. The topological polar surface area (TPSA) is 72.2 Å². The predicted octanol–water partition coefficient (Wildman–Crippen LogP) is 3.35. The van der Waals surface area contributed by atoms with Gasteiger partial charge in [-0.3, -0.25) is 14.9 Å². The first-order chi connectivity index (χ1) is 9.06. The first-order valence-corrected chi connectivity index (χ1v) is 6.99. The van der Waals surface area contributed by atoms with Gasteiger partial charge >= 0.3 is 0 Å². The maximum atomic E-state index is 11.9. The third-order valence-electron chi connectivity index (χ3n) is 2.36. The number of rotatable bonds is 4. The van der Waals surface area contributed by atoms with Gasteiger partial charge in [-0.2, -0.15) is 0 Å². The number of carbonyl (C=O) groups excluding carboxylic acids is 1. The van der Waals surface area contributed by atoms with E-state index in [1.54, 1.807) is 6.07 Å². The summed E-state index contributed by atoms with van der Waals surface area (Å²) < 4.78 is 0.970. The molecule has 0 atom stereocenters. The van der Waals surface area contributed by atoms with Gasteiger partial charge in [-0.1, -0.05) is 6.07 Å². The van der Waals surface area contributed by atoms with Gasteiger partial charge in [0.15, 0.2) is 0 Å². The Morgan fingerprint density at radius 1 is 1.42 bits per heavy atom. The average Bonchev–Trinajstić information content (AvgIpc) is 2.82. The Kier molecular flexibility index (Phi) is 4.28. The van der Waals surface area contributed by atoms with Gasteiger partial charge in [0, 0.05) is 32.4 Å². The first-order valence-electron chi connectivity index (χ1n) is 5.32. The normalized spacial score (nSPS) is 10.2. The zero-order chi connectivity index (χ0) is 13.8. The number of nitro groups is 1. The molecule has 0 unspecified atom stereocenters. The number of nitrogens with zero attached hydrogens (tertiary/aromatic N) is 1. The van der Waals surface area contributed by atoms with Crippen molar-refractivity contribution in [2.75, 3.05) is 0 Å². The maximum Gasteiger partial charge on any atom is 0.270 e. The van der Waals surface area contributed by atoms with Gasteiger partial charge in [-0.25, -0.2) is 0 Å². The summed E-state index contributed by atoms with van der Waals surface area (Å²) in [5.41, 5.74) is 0.191. The van der Waals surface area contributed by atoms with E-state index in [0.717, 1.165) is 9.35 Å². The zero-order valence-corrected chi connectivity index (χ0v) is 12.0. The first kappa shape index (κ1) is 13.7. The molecule has 2 aromatic rings. The highest BCUT2D eigenvalue weighted by molar-refractivity contribution is 9.10. The van der Waals surface area contributed by atoms with E-state index in [2.05, 4.69) is 21.2 Å². The van der Waals surface area contributed by atoms with Crippen LogP contribution in [0.1, 0.15) is 15.2 Å². The summed E-state index contributed by atoms with van der Waals surface area (Å²) in [6.07, 6.45) is 0. The van der Waals surface area contributed by atoms with Crippen LogP contribution < -0.4 is 5.32 Å². The van der Waals surface area contributed by atoms with E-state index in [9.17, 15) is 14.9 Å². The molecule has 1 aromatic heterocycles. The molecule has 98 valence electrons. The fourth-order valence-electron chi connectivity index (χ4n) is 1.48. The van der Waals surface area contributed by atoms with Crippen molar-refractivity contribution in [1.29, 1.82) is 0 Å². The molecule has 0 radical (unpaired) electrons. The van der Waals surface area contributed by atoms with Crippen molar-refractivity contribution < 1.29 is 9.72 Å². The van der Waals surface area contributed by atoms with Crippen LogP contribution in [0.2, 0.25) is 0 Å². The van der Waals surface area contributed by atoms with Crippen LogP contribution in [0.3, 0.4) is 0 Å². The minimum atomic E-state index is -0.521. The summed E-state index contributed by atoms with van der Waals surface area (Å²) >= 11 is 4.86. The van der Waals surface area contributed by atoms with E-state index in [1.165, 1.54) is 29.5 Å². The lowest BCUT2D eigenvalue weighted by Gasteiger charge is -2.03. The standard InChI is InChI=1S/C12H9BrN2O3S/c13-9-5-11(19-7-9)6-14-12(16)8-2-1-3-10(4-8)15(17)18/h1-5,7H,6H2,(H,14,16). The summed E-state index contributed by atoms with van der Waals surface area (Å²) in [5.74, 6) is -0.326. The molecule has 0 aliphatic carbocycles. The van der Waals surface area contributed by atoms with Crippen molar-refractivity contribution in [1.82, 2.24) is 5.32 Å². The molecule has 2 rings (SSSR count). The molecule has 0 saturated heterocycles. The molecule has 1 N–H and O–H groups in total. The quantitative estimate of drug-likeness (QED) is 0.685. The largest absolute Gasteiger partial charge is 0.347 e. The lowest BCUT2D eigenvalue weighted by molar-refractivity contribution is -0.384. The van der Waals surface area contributed by atoms with Crippen LogP contribution in [0.4, 0.5) is 5.69 Å². The van der Waals surface area contributed by atoms with E-state index in [4.69, 9.17) is 0 Å². The van der Waals surface area contributed by atoms with Crippen molar-refractivity contribution >= 4 is 38.9 Å². The minimum absolute atomic E-state index is 0.0912. The number of halogens is 1. The summed E-state index contributed by atoms with van der Waals surface area (Å²) in [7, 11) is 0. The van der Waals surface area contributed by atoms with Crippen molar-refractivity contribution in [3.8, 4) is 0 Å². The summed E-state index contributed by atoms with van der Waals surface area (Å²) in [6.45, 7) is 0.401. The maximum absolute atomic E-state index is 11.9. The van der Waals surface area contributed by atoms with Crippen LogP contribution in [0, 0.1) is 10.1 Å². The minimum Gasteiger partial charge on any atom is -0.347 e. The predicted molar refractivity (Wildman–Crippen MR) is 76.3 cm³/mol. The summed E-state index contributed by atoms with van der Waals surface area (Å²) in [5, 5.41) is 15.3. The summed E-state index contributed by atoms with van der Waals surface area (Å²) in [6, 6.07) is 7.58. The highest BCUT2D eigenvalue weighted by Crippen LogP contribution is 2.19. The third kappa shape index (κ3) is 3.62. The van der Waals surface area contributed by atoms with Crippen molar-refractivity contribution in [2.45, 2.75) is 6.54 Å². The Morgan fingerprint density at radius 2 is 2.21 bits per heavy atom. The summed E-state index contributed by atoms with van der Waals surface area (Å²) in [4.78, 5) is 23.0. The second-order valence-corrected chi connectivity index (χ2v) is 5.63. The van der Waals surface area contributed by atoms with E-state index < -0.39 is 4.92 Å². The van der Waals surface area contributed by atoms with Gasteiger partial charge in [-0.05, 0) is 28.1 Å². The van der Waals surface area contributed by atoms with Crippen LogP contribution in [0.15, 0.2) is 40.2 Å². The number of nitrogens with one attached hydrogen (secondary N) is 1. The van der Waals surface area contributed by atoms with Crippen molar-refractivity contribution in [3.63, 3.8) is 0 Å². The number of nitro benzene ring substituents is 1. The SMILES string of the molecule is O=C(NCc1cc(Br)cs1)c1cccc([N+](=O)[O-])c1. The molecule has 0 aliphatic rings. The Hall–Kier alpha value is -1.73. The smallest absolute Gasteiger partial charge is 0.270 e. The highest BCUT2D eigenvalue weighted by atomic mass is 79.9. The van der Waals surface area contributed by atoms with Gasteiger partial charge < -0.3 is 5.32 Å². The van der Waals surface area contributed by atoms with Gasteiger partial charge in [0.2, 0.25) is 0 Å². The lowest BCUT2D eigenvalue weighted by atomic mass is 10.2. The monoisotopic (exact) mass is 340 g/mol. The molecule has 0 bridgehead atoms. The number of amides is 1. The number of hydrogen-bond donors (Lipinski definition) is 1. The number of hydrogen-bond acceptors (Lipinski definition) is 4. The molecule has 0 aliphatic heterocycles. The Bertz CT molecular complexity index is 627. The number of thiophene rings is 1. The second-order valence-electron chi connectivity index (χ2n) is 3.72. The van der Waals surface area contributed by atoms with Gasteiger partial charge in [-0.15, -0.1) is 11.3 Å². The fourth-order valence-corrected chi connectivity index (χ4v) is 2.87. The Morgan fingerprint density at radius 3 is 2.84 bits per heavy atom. The molecule has 19 heavy (non-hydrogen) atoms. The van der Waals surface area contributed by atoms with Crippen molar-refractivity contribution in [2.24, 2.45) is 0 Å². The van der Waals surface area contributed by atoms with E-state index in [-0.39, 0.29) is 17.2 Å². The van der Waals surface area contributed by atoms with Crippen LogP contribution in [-0.4, -0.2) is 10.8 Å². The molecular weight excluding hydrogens is 332 g/mol. The third-order valence-corrected chi connectivity index (χ3v) is 4.06. The van der Waals surface area contributed by atoms with E-state index >= 15 is 0 Å². The van der Waals surface area contributed by atoms with Gasteiger partial charge in [0.1, 0.15) is 0 Å². The molecule has 1 aromatic carbocycles. The molecule has 0 spiro atoms. The van der Waals surface area contributed by atoms with Crippen LogP contribution >= 0.6 is 27.3 Å². The molecular formula is C12H9BrN2O3S. The highest BCUT2D eigenvalue weighted by Gasteiger charge is 2.11. The molecule has 7 heteroatoms. The lowest BCUT2D eigenvalue weighted by Crippen LogP contribution is -2.22. The molecule has 1 heterocycles. The second kappa shape index (κ2) is 5.94. The van der Waals surface area contributed by atoms with Crippen molar-refractivity contribution in [3.05, 3.63) is 60.7 Å². The van der Waals surface area contributed by atoms with Crippen LogP contribution in [0.5, 0.6) is 0 Å². The van der Waals surface area contributed by atoms with E-state index in [1.807, 2.05) is 11.4 Å². The number of carbonyl (C=O) groups is 1. The molecule has 0 saturated carbocycles. The van der Waals surface area contributed by atoms with E-state index in [0.29, 0.717) is 6.54 Å². The van der Waals surface area contributed by atoms with Gasteiger partial charge in [0.25, 0.3) is 11.6 Å². The fraction of sp³-hybridized carbons (Fsp3) is 0.0833.